The highest BCUT2D eigenvalue weighted by molar-refractivity contribution is 5.92. The highest BCUT2D eigenvalue weighted by Gasteiger charge is 2.31. The summed E-state index contributed by atoms with van der Waals surface area (Å²) in [6.07, 6.45) is -3.24. The van der Waals surface area contributed by atoms with Crippen molar-refractivity contribution >= 4 is 5.91 Å². The van der Waals surface area contributed by atoms with Crippen LogP contribution in [0, 0.1) is 5.82 Å². The van der Waals surface area contributed by atoms with Crippen molar-refractivity contribution in [1.82, 2.24) is 20.5 Å². The van der Waals surface area contributed by atoms with E-state index in [1.165, 1.54) is 12.3 Å². The highest BCUT2D eigenvalue weighted by atomic mass is 19.4. The summed E-state index contributed by atoms with van der Waals surface area (Å²) in [5.41, 5.74) is -1.56. The molecule has 3 rings (SSSR count). The van der Waals surface area contributed by atoms with Crippen molar-refractivity contribution in [3.63, 3.8) is 0 Å². The number of rotatable bonds is 4. The Hall–Kier alpha value is -3.56. The molecule has 144 valence electrons. The molecule has 28 heavy (non-hydrogen) atoms. The summed E-state index contributed by atoms with van der Waals surface area (Å²) < 4.78 is 52.6. The fourth-order valence-corrected chi connectivity index (χ4v) is 2.46. The minimum Gasteiger partial charge on any atom is -0.338 e. The zero-order valence-electron chi connectivity index (χ0n) is 14.0. The largest absolute Gasteiger partial charge is 0.416 e. The van der Waals surface area contributed by atoms with Gasteiger partial charge >= 0.3 is 6.18 Å². The van der Waals surface area contributed by atoms with Gasteiger partial charge in [0.1, 0.15) is 17.2 Å². The van der Waals surface area contributed by atoms with Gasteiger partial charge in [0.05, 0.1) is 11.6 Å². The molecule has 0 aliphatic carbocycles. The molecule has 0 aliphatic heterocycles. The van der Waals surface area contributed by atoms with Crippen molar-refractivity contribution in [3.05, 3.63) is 93.4 Å². The van der Waals surface area contributed by atoms with Crippen LogP contribution in [0.5, 0.6) is 0 Å². The number of alkyl halides is 3. The number of halogens is 4. The maximum atomic E-state index is 14.2. The maximum Gasteiger partial charge on any atom is 0.416 e. The summed E-state index contributed by atoms with van der Waals surface area (Å²) in [6, 6.07) is 7.43. The first-order valence-corrected chi connectivity index (χ1v) is 7.90. The fourth-order valence-electron chi connectivity index (χ4n) is 2.46. The van der Waals surface area contributed by atoms with Gasteiger partial charge in [-0.05, 0) is 35.9 Å². The van der Waals surface area contributed by atoms with Gasteiger partial charge in [-0.3, -0.25) is 14.6 Å². The molecule has 0 aliphatic rings. The number of hydrogen-bond acceptors (Lipinski definition) is 4. The van der Waals surface area contributed by atoms with Crippen molar-refractivity contribution in [3.8, 4) is 0 Å². The number of aromatic nitrogens is 3. The third-order valence-electron chi connectivity index (χ3n) is 3.82. The number of nitrogens with one attached hydrogen (secondary N) is 2. The van der Waals surface area contributed by atoms with Crippen LogP contribution < -0.4 is 10.9 Å². The van der Waals surface area contributed by atoms with Gasteiger partial charge in [0.15, 0.2) is 0 Å². The Morgan fingerprint density at radius 2 is 1.79 bits per heavy atom. The van der Waals surface area contributed by atoms with E-state index in [1.54, 1.807) is 0 Å². The molecule has 0 saturated heterocycles. The van der Waals surface area contributed by atoms with Gasteiger partial charge in [-0.25, -0.2) is 9.49 Å². The molecule has 0 fully saturated rings. The van der Waals surface area contributed by atoms with E-state index in [0.717, 1.165) is 42.5 Å². The molecule has 1 amide bonds. The Kier molecular flexibility index (Phi) is 5.21. The molecule has 1 aromatic carbocycles. The van der Waals surface area contributed by atoms with E-state index < -0.39 is 35.1 Å². The summed E-state index contributed by atoms with van der Waals surface area (Å²) in [6.45, 7) is 0. The molecular weight excluding hydrogens is 380 g/mol. The molecule has 0 spiro atoms. The number of carbonyl (C=O) groups is 1. The van der Waals surface area contributed by atoms with Crippen LogP contribution in [0.3, 0.4) is 0 Å². The number of hydrogen-bond donors (Lipinski definition) is 2. The van der Waals surface area contributed by atoms with E-state index in [-0.39, 0.29) is 17.0 Å². The fraction of sp³-hybridized carbons (Fsp3) is 0.111. The summed E-state index contributed by atoms with van der Waals surface area (Å²) >= 11 is 0. The van der Waals surface area contributed by atoms with Crippen LogP contribution in [-0.2, 0) is 6.18 Å². The molecule has 0 unspecified atom stereocenters. The molecule has 0 bridgehead atoms. The normalized spacial score (nSPS) is 12.4. The lowest BCUT2D eigenvalue weighted by Gasteiger charge is -2.19. The molecule has 1 atom stereocenters. The first kappa shape index (κ1) is 19.2. The first-order chi connectivity index (χ1) is 13.3. The van der Waals surface area contributed by atoms with Gasteiger partial charge in [-0.2, -0.15) is 18.3 Å². The standard InChI is InChI=1S/C18H12F4N4O2/c19-12-2-1-9-23-16(12)15(10-3-5-11(6-4-10)18(20,21)22)24-17(28)13-7-8-14(27)26-25-13/h1-9,15H,(H,24,28)(H,26,27)/t15-/m0/s1. The van der Waals surface area contributed by atoms with Gasteiger partial charge in [0.25, 0.3) is 11.5 Å². The number of amides is 1. The molecule has 0 radical (unpaired) electrons. The average molecular weight is 392 g/mol. The quantitative estimate of drug-likeness (QED) is 0.669. The smallest absolute Gasteiger partial charge is 0.338 e. The summed E-state index contributed by atoms with van der Waals surface area (Å²) in [7, 11) is 0. The van der Waals surface area contributed by atoms with E-state index in [9.17, 15) is 27.2 Å². The lowest BCUT2D eigenvalue weighted by molar-refractivity contribution is -0.137. The lowest BCUT2D eigenvalue weighted by Crippen LogP contribution is -2.32. The third kappa shape index (κ3) is 4.22. The maximum absolute atomic E-state index is 14.2. The van der Waals surface area contributed by atoms with Crippen LogP contribution in [0.25, 0.3) is 0 Å². The van der Waals surface area contributed by atoms with Crippen LogP contribution in [0.15, 0.2) is 59.5 Å². The van der Waals surface area contributed by atoms with Gasteiger partial charge in [0, 0.05) is 12.3 Å². The third-order valence-corrected chi connectivity index (χ3v) is 3.82. The Morgan fingerprint density at radius 3 is 2.36 bits per heavy atom. The Morgan fingerprint density at radius 1 is 1.07 bits per heavy atom. The Balaban J connectivity index is 1.98. The molecule has 6 nitrogen and oxygen atoms in total. The van der Waals surface area contributed by atoms with E-state index >= 15 is 0 Å². The van der Waals surface area contributed by atoms with Crippen LogP contribution >= 0.6 is 0 Å². The number of carbonyl (C=O) groups excluding carboxylic acids is 1. The molecule has 2 aromatic heterocycles. The SMILES string of the molecule is O=C(N[C@@H](c1ccc(C(F)(F)F)cc1)c1ncccc1F)c1ccc(=O)[nH]n1. The molecule has 3 aromatic rings. The van der Waals surface area contributed by atoms with E-state index in [1.807, 2.05) is 0 Å². The van der Waals surface area contributed by atoms with Crippen LogP contribution in [0.4, 0.5) is 17.6 Å². The van der Waals surface area contributed by atoms with Crippen molar-refractivity contribution in [2.75, 3.05) is 0 Å². The number of aromatic amines is 1. The van der Waals surface area contributed by atoms with Crippen molar-refractivity contribution in [1.29, 1.82) is 0 Å². The monoisotopic (exact) mass is 392 g/mol. The van der Waals surface area contributed by atoms with Crippen LogP contribution in [-0.4, -0.2) is 21.1 Å². The second kappa shape index (κ2) is 7.59. The number of pyridine rings is 1. The lowest BCUT2D eigenvalue weighted by atomic mass is 10.0. The van der Waals surface area contributed by atoms with E-state index in [0.29, 0.717) is 0 Å². The minimum absolute atomic E-state index is 0.159. The zero-order valence-corrected chi connectivity index (χ0v) is 14.0. The van der Waals surface area contributed by atoms with Crippen LogP contribution in [0.1, 0.15) is 33.4 Å². The Bertz CT molecular complexity index is 1030. The molecule has 2 N–H and O–H groups in total. The predicted molar refractivity (Wildman–Crippen MR) is 89.8 cm³/mol. The second-order valence-corrected chi connectivity index (χ2v) is 5.70. The van der Waals surface area contributed by atoms with Crippen molar-refractivity contribution in [2.24, 2.45) is 0 Å². The molecule has 10 heteroatoms. The summed E-state index contributed by atoms with van der Waals surface area (Å²) in [4.78, 5) is 27.4. The van der Waals surface area contributed by atoms with E-state index in [2.05, 4.69) is 20.5 Å². The highest BCUT2D eigenvalue weighted by Crippen LogP contribution is 2.31. The average Bonchev–Trinajstić information content (AvgIpc) is 2.66. The van der Waals surface area contributed by atoms with Gasteiger partial charge in [-0.15, -0.1) is 0 Å². The number of nitrogens with zero attached hydrogens (tertiary/aromatic N) is 2. The van der Waals surface area contributed by atoms with E-state index in [4.69, 9.17) is 0 Å². The molecule has 0 saturated carbocycles. The Labute approximate surface area is 155 Å². The summed E-state index contributed by atoms with van der Waals surface area (Å²) in [5.74, 6) is -1.52. The second-order valence-electron chi connectivity index (χ2n) is 5.70. The zero-order chi connectivity index (χ0) is 20.3. The van der Waals surface area contributed by atoms with Gasteiger partial charge in [0.2, 0.25) is 0 Å². The number of H-pyrrole nitrogens is 1. The molecular formula is C18H12F4N4O2. The van der Waals surface area contributed by atoms with Crippen LogP contribution in [0.2, 0.25) is 0 Å². The number of benzene rings is 1. The minimum atomic E-state index is -4.53. The van der Waals surface area contributed by atoms with Gasteiger partial charge in [-0.1, -0.05) is 12.1 Å². The van der Waals surface area contributed by atoms with Crippen molar-refractivity contribution < 1.29 is 22.4 Å². The predicted octanol–water partition coefficient (Wildman–Crippen LogP) is 2.84. The first-order valence-electron chi connectivity index (χ1n) is 7.90. The molecule has 2 heterocycles. The summed E-state index contributed by atoms with van der Waals surface area (Å²) in [5, 5.41) is 8.14. The van der Waals surface area contributed by atoms with Crippen molar-refractivity contribution in [2.45, 2.75) is 12.2 Å². The van der Waals surface area contributed by atoms with Gasteiger partial charge < -0.3 is 5.32 Å². The topological polar surface area (TPSA) is 87.7 Å².